The van der Waals surface area contributed by atoms with Gasteiger partial charge in [0.15, 0.2) is 5.82 Å². The third kappa shape index (κ3) is 5.73. The molecule has 0 saturated carbocycles. The smallest absolute Gasteiger partial charge is 0.262 e. The van der Waals surface area contributed by atoms with Gasteiger partial charge < -0.3 is 10.6 Å². The summed E-state index contributed by atoms with van der Waals surface area (Å²) >= 11 is 1.26. The molecule has 1 saturated heterocycles. The normalized spacial score (nSPS) is 14.6. The number of benzene rings is 2. The molecule has 0 radical (unpaired) electrons. The Morgan fingerprint density at radius 1 is 1.03 bits per heavy atom. The molecule has 1 aliphatic heterocycles. The first-order chi connectivity index (χ1) is 17.8. The summed E-state index contributed by atoms with van der Waals surface area (Å²) in [5, 5.41) is 13.7. The van der Waals surface area contributed by atoms with Crippen molar-refractivity contribution in [1.29, 1.82) is 0 Å². The predicted molar refractivity (Wildman–Crippen MR) is 144 cm³/mol. The van der Waals surface area contributed by atoms with Crippen molar-refractivity contribution in [3.05, 3.63) is 82.0 Å². The molecule has 5 rings (SSSR count). The number of piperidine rings is 1. The van der Waals surface area contributed by atoms with E-state index in [1.807, 2.05) is 38.1 Å². The lowest BCUT2D eigenvalue weighted by molar-refractivity contribution is 0.0915. The van der Waals surface area contributed by atoms with Crippen molar-refractivity contribution in [2.45, 2.75) is 45.2 Å². The molecule has 2 aromatic heterocycles. The SMILES string of the molecule is CC(C)(NC(=O)c1cc2c(NC(=O)c3ccc(CN4CCCCC4)cc3)n[nH]c2s1)c1ccc(F)cc1. The lowest BCUT2D eigenvalue weighted by Gasteiger charge is -2.26. The Bertz CT molecular complexity index is 1400. The van der Waals surface area contributed by atoms with Gasteiger partial charge >= 0.3 is 0 Å². The van der Waals surface area contributed by atoms with Gasteiger partial charge in [0.05, 0.1) is 15.8 Å². The Balaban J connectivity index is 1.25. The third-order valence-electron chi connectivity index (χ3n) is 6.78. The van der Waals surface area contributed by atoms with Crippen LogP contribution in [0.1, 0.15) is 64.3 Å². The molecule has 192 valence electrons. The van der Waals surface area contributed by atoms with Crippen LogP contribution in [-0.4, -0.2) is 40.0 Å². The van der Waals surface area contributed by atoms with Gasteiger partial charge in [0, 0.05) is 12.1 Å². The Labute approximate surface area is 219 Å². The number of thiophene rings is 1. The number of hydrogen-bond donors (Lipinski definition) is 3. The van der Waals surface area contributed by atoms with Gasteiger partial charge in [-0.15, -0.1) is 11.3 Å². The number of rotatable bonds is 7. The molecule has 0 aliphatic carbocycles. The van der Waals surface area contributed by atoms with Gasteiger partial charge in [-0.05, 0) is 81.2 Å². The molecule has 3 N–H and O–H groups in total. The van der Waals surface area contributed by atoms with Crippen LogP contribution in [0.4, 0.5) is 10.2 Å². The number of aromatic amines is 1. The second-order valence-corrected chi connectivity index (χ2v) is 11.1. The summed E-state index contributed by atoms with van der Waals surface area (Å²) < 4.78 is 13.3. The van der Waals surface area contributed by atoms with Crippen molar-refractivity contribution < 1.29 is 14.0 Å². The van der Waals surface area contributed by atoms with Crippen molar-refractivity contribution in [1.82, 2.24) is 20.4 Å². The molecular weight excluding hydrogens is 489 g/mol. The van der Waals surface area contributed by atoms with Crippen molar-refractivity contribution in [2.24, 2.45) is 0 Å². The van der Waals surface area contributed by atoms with Crippen molar-refractivity contribution >= 4 is 39.2 Å². The third-order valence-corrected chi connectivity index (χ3v) is 7.81. The molecule has 7 nitrogen and oxygen atoms in total. The zero-order chi connectivity index (χ0) is 26.0. The van der Waals surface area contributed by atoms with E-state index in [1.165, 1.54) is 48.3 Å². The van der Waals surface area contributed by atoms with Crippen LogP contribution < -0.4 is 10.6 Å². The van der Waals surface area contributed by atoms with Gasteiger partial charge in [-0.1, -0.05) is 30.7 Å². The molecule has 0 unspecified atom stereocenters. The van der Waals surface area contributed by atoms with Gasteiger partial charge in [-0.3, -0.25) is 19.6 Å². The maximum Gasteiger partial charge on any atom is 0.262 e. The predicted octanol–water partition coefficient (Wildman–Crippen LogP) is 5.67. The highest BCUT2D eigenvalue weighted by atomic mass is 32.1. The second kappa shape index (κ2) is 10.4. The van der Waals surface area contributed by atoms with Crippen LogP contribution in [0, 0.1) is 5.82 Å². The molecular formula is C28H30FN5O2S. The van der Waals surface area contributed by atoms with Crippen LogP contribution in [0.25, 0.3) is 10.2 Å². The number of amides is 2. The number of halogens is 1. The van der Waals surface area contributed by atoms with E-state index in [0.29, 0.717) is 26.5 Å². The lowest BCUT2D eigenvalue weighted by Crippen LogP contribution is -2.40. The van der Waals surface area contributed by atoms with Crippen LogP contribution in [0.15, 0.2) is 54.6 Å². The number of anilines is 1. The Morgan fingerprint density at radius 3 is 2.43 bits per heavy atom. The van der Waals surface area contributed by atoms with Crippen LogP contribution >= 0.6 is 11.3 Å². The molecule has 2 amide bonds. The van der Waals surface area contributed by atoms with Crippen LogP contribution in [0.2, 0.25) is 0 Å². The number of carbonyl (C=O) groups excluding carboxylic acids is 2. The Morgan fingerprint density at radius 2 is 1.73 bits per heavy atom. The second-order valence-electron chi connectivity index (χ2n) is 10.00. The van der Waals surface area contributed by atoms with E-state index in [9.17, 15) is 14.0 Å². The maximum atomic E-state index is 13.3. The quantitative estimate of drug-likeness (QED) is 0.294. The average Bonchev–Trinajstić information content (AvgIpc) is 3.47. The van der Waals surface area contributed by atoms with Gasteiger partial charge in [-0.2, -0.15) is 5.10 Å². The number of aromatic nitrogens is 2. The van der Waals surface area contributed by atoms with E-state index < -0.39 is 5.54 Å². The molecule has 0 spiro atoms. The molecule has 4 aromatic rings. The van der Waals surface area contributed by atoms with E-state index in [4.69, 9.17) is 0 Å². The number of hydrogen-bond acceptors (Lipinski definition) is 5. The van der Waals surface area contributed by atoms with Gasteiger partial charge in [0.25, 0.3) is 11.8 Å². The molecule has 0 atom stereocenters. The number of nitrogens with one attached hydrogen (secondary N) is 3. The first-order valence-electron chi connectivity index (χ1n) is 12.5. The maximum absolute atomic E-state index is 13.3. The standard InChI is InChI=1S/C28H30FN5O2S/c1-28(2,20-10-12-21(29)13-11-20)31-26(36)23-16-22-24(32-33-27(22)37-23)30-25(35)19-8-6-18(7-9-19)17-34-14-4-3-5-15-34/h6-13,16H,3-5,14-15,17H2,1-2H3,(H,31,36)(H2,30,32,33,35). The van der Waals surface area contributed by atoms with E-state index in [1.54, 1.807) is 18.2 Å². The summed E-state index contributed by atoms with van der Waals surface area (Å²) in [6.45, 7) is 6.88. The summed E-state index contributed by atoms with van der Waals surface area (Å²) in [4.78, 5) is 29.5. The van der Waals surface area contributed by atoms with Gasteiger partial charge in [0.2, 0.25) is 0 Å². The number of carbonyl (C=O) groups is 2. The molecule has 37 heavy (non-hydrogen) atoms. The highest BCUT2D eigenvalue weighted by molar-refractivity contribution is 7.20. The van der Waals surface area contributed by atoms with Gasteiger partial charge in [0.1, 0.15) is 10.6 Å². The summed E-state index contributed by atoms with van der Waals surface area (Å²) in [5.74, 6) is -0.461. The Kier molecular flexibility index (Phi) is 7.08. The van der Waals surface area contributed by atoms with Crippen LogP contribution in [0.3, 0.4) is 0 Å². The number of likely N-dealkylation sites (tertiary alicyclic amines) is 1. The van der Waals surface area contributed by atoms with E-state index in [0.717, 1.165) is 25.2 Å². The number of nitrogens with zero attached hydrogens (tertiary/aromatic N) is 2. The minimum Gasteiger partial charge on any atom is -0.342 e. The molecule has 1 aliphatic rings. The highest BCUT2D eigenvalue weighted by Crippen LogP contribution is 2.30. The number of H-pyrrole nitrogens is 1. The highest BCUT2D eigenvalue weighted by Gasteiger charge is 2.25. The first kappa shape index (κ1) is 25.1. The molecule has 9 heteroatoms. The molecule has 0 bridgehead atoms. The topological polar surface area (TPSA) is 90.1 Å². The molecule has 1 fully saturated rings. The van der Waals surface area contributed by atoms with E-state index >= 15 is 0 Å². The lowest BCUT2D eigenvalue weighted by atomic mass is 9.94. The van der Waals surface area contributed by atoms with E-state index in [-0.39, 0.29) is 17.6 Å². The van der Waals surface area contributed by atoms with Crippen molar-refractivity contribution in [3.8, 4) is 0 Å². The minimum atomic E-state index is -0.696. The summed E-state index contributed by atoms with van der Waals surface area (Å²) in [6, 6.07) is 15.5. The zero-order valence-corrected chi connectivity index (χ0v) is 21.8. The fourth-order valence-corrected chi connectivity index (χ4v) is 5.52. The monoisotopic (exact) mass is 519 g/mol. The van der Waals surface area contributed by atoms with Crippen molar-refractivity contribution in [3.63, 3.8) is 0 Å². The largest absolute Gasteiger partial charge is 0.342 e. The van der Waals surface area contributed by atoms with E-state index in [2.05, 4.69) is 25.7 Å². The summed E-state index contributed by atoms with van der Waals surface area (Å²) in [5.41, 5.74) is 1.84. The average molecular weight is 520 g/mol. The number of fused-ring (bicyclic) bond motifs is 1. The molecule has 3 heterocycles. The zero-order valence-electron chi connectivity index (χ0n) is 20.9. The van der Waals surface area contributed by atoms with Crippen molar-refractivity contribution in [2.75, 3.05) is 18.4 Å². The van der Waals surface area contributed by atoms with Crippen LogP contribution in [0.5, 0.6) is 0 Å². The van der Waals surface area contributed by atoms with Gasteiger partial charge in [-0.25, -0.2) is 4.39 Å². The fourth-order valence-electron chi connectivity index (χ4n) is 4.63. The minimum absolute atomic E-state index is 0.257. The summed E-state index contributed by atoms with van der Waals surface area (Å²) in [7, 11) is 0. The first-order valence-corrected chi connectivity index (χ1v) is 13.3. The Hall–Kier alpha value is -3.56. The summed E-state index contributed by atoms with van der Waals surface area (Å²) in [6.07, 6.45) is 3.80. The fraction of sp³-hybridized carbons (Fsp3) is 0.321. The molecule has 2 aromatic carbocycles. The van der Waals surface area contributed by atoms with Crippen LogP contribution in [-0.2, 0) is 12.1 Å².